The highest BCUT2D eigenvalue weighted by atomic mass is 16.5. The number of benzene rings is 2. The van der Waals surface area contributed by atoms with Crippen molar-refractivity contribution in [2.45, 2.75) is 78.2 Å². The van der Waals surface area contributed by atoms with Crippen molar-refractivity contribution < 1.29 is 9.94 Å². The third-order valence-electron chi connectivity index (χ3n) is 6.06. The number of ether oxygens (including phenoxy) is 1. The summed E-state index contributed by atoms with van der Waals surface area (Å²) in [4.78, 5) is 0. The molecular formula is C25H33NO2. The molecule has 0 fully saturated rings. The minimum Gasteiger partial charge on any atom is -0.490 e. The van der Waals surface area contributed by atoms with Crippen LogP contribution in [0.3, 0.4) is 0 Å². The predicted molar refractivity (Wildman–Crippen MR) is 117 cm³/mol. The summed E-state index contributed by atoms with van der Waals surface area (Å²) in [6.07, 6.45) is 3.94. The normalized spacial score (nSPS) is 17.7. The molecule has 0 atom stereocenters. The first-order chi connectivity index (χ1) is 13.0. The standard InChI is InChI=1S/C25H33NO2/c1-16(2)28-23-9-8-18(15-26-27)13-20(23)19-14-22-21(12-17(19)3)24(4,5)10-11-25(22,6)7/h8-9,12-16,27H,10-11H2,1-7H3. The molecule has 1 N–H and O–H groups in total. The Balaban J connectivity index is 2.25. The van der Waals surface area contributed by atoms with Crippen LogP contribution in [-0.2, 0) is 10.8 Å². The molecule has 0 heterocycles. The van der Waals surface area contributed by atoms with E-state index >= 15 is 0 Å². The van der Waals surface area contributed by atoms with E-state index in [0.29, 0.717) is 0 Å². The van der Waals surface area contributed by atoms with Crippen LogP contribution in [0.1, 0.15) is 76.6 Å². The number of nitrogens with zero attached hydrogens (tertiary/aromatic N) is 1. The molecular weight excluding hydrogens is 346 g/mol. The van der Waals surface area contributed by atoms with Gasteiger partial charge in [-0.3, -0.25) is 0 Å². The van der Waals surface area contributed by atoms with Crippen LogP contribution >= 0.6 is 0 Å². The van der Waals surface area contributed by atoms with E-state index in [-0.39, 0.29) is 16.9 Å². The second-order valence-corrected chi connectivity index (χ2v) is 9.65. The molecule has 0 aromatic heterocycles. The molecule has 0 saturated carbocycles. The molecule has 150 valence electrons. The summed E-state index contributed by atoms with van der Waals surface area (Å²) in [5, 5.41) is 12.2. The zero-order chi connectivity index (χ0) is 20.7. The van der Waals surface area contributed by atoms with E-state index in [4.69, 9.17) is 9.94 Å². The monoisotopic (exact) mass is 379 g/mol. The first kappa shape index (κ1) is 20.4. The van der Waals surface area contributed by atoms with Gasteiger partial charge in [-0.15, -0.1) is 0 Å². The number of aryl methyl sites for hydroxylation is 1. The molecule has 3 nitrogen and oxygen atoms in total. The van der Waals surface area contributed by atoms with Gasteiger partial charge >= 0.3 is 0 Å². The third-order valence-corrected chi connectivity index (χ3v) is 6.06. The van der Waals surface area contributed by atoms with E-state index in [1.165, 1.54) is 41.3 Å². The second kappa shape index (κ2) is 7.27. The molecule has 1 aliphatic carbocycles. The molecule has 0 amide bonds. The Morgan fingerprint density at radius 2 is 1.57 bits per heavy atom. The minimum atomic E-state index is 0.0874. The molecule has 0 saturated heterocycles. The fraction of sp³-hybridized carbons (Fsp3) is 0.480. The maximum atomic E-state index is 8.97. The van der Waals surface area contributed by atoms with Gasteiger partial charge in [0.1, 0.15) is 5.75 Å². The molecule has 0 bridgehead atoms. The molecule has 0 aliphatic heterocycles. The van der Waals surface area contributed by atoms with E-state index in [9.17, 15) is 0 Å². The van der Waals surface area contributed by atoms with Gasteiger partial charge < -0.3 is 9.94 Å². The molecule has 0 radical (unpaired) electrons. The Morgan fingerprint density at radius 3 is 2.14 bits per heavy atom. The predicted octanol–water partition coefficient (Wildman–Crippen LogP) is 6.61. The van der Waals surface area contributed by atoms with Crippen LogP contribution in [0.2, 0.25) is 0 Å². The van der Waals surface area contributed by atoms with Crippen LogP contribution in [0, 0.1) is 6.92 Å². The fourth-order valence-electron chi connectivity index (χ4n) is 4.27. The van der Waals surface area contributed by atoms with Crippen LogP contribution in [0.5, 0.6) is 5.75 Å². The topological polar surface area (TPSA) is 41.8 Å². The van der Waals surface area contributed by atoms with Crippen LogP contribution in [0.25, 0.3) is 11.1 Å². The van der Waals surface area contributed by atoms with Crippen LogP contribution in [0.15, 0.2) is 35.5 Å². The molecule has 28 heavy (non-hydrogen) atoms. The summed E-state index contributed by atoms with van der Waals surface area (Å²) in [5.41, 5.74) is 7.57. The van der Waals surface area contributed by atoms with Crippen LogP contribution in [0.4, 0.5) is 0 Å². The van der Waals surface area contributed by atoms with Crippen molar-refractivity contribution in [1.82, 2.24) is 0 Å². The highest BCUT2D eigenvalue weighted by Crippen LogP contribution is 2.48. The number of hydrogen-bond acceptors (Lipinski definition) is 3. The van der Waals surface area contributed by atoms with Gasteiger partial charge in [-0.05, 0) is 96.5 Å². The zero-order valence-electron chi connectivity index (χ0n) is 18.3. The van der Waals surface area contributed by atoms with Gasteiger partial charge in [0.15, 0.2) is 0 Å². The summed E-state index contributed by atoms with van der Waals surface area (Å²) < 4.78 is 6.12. The first-order valence-electron chi connectivity index (χ1n) is 10.2. The second-order valence-electron chi connectivity index (χ2n) is 9.65. The highest BCUT2D eigenvalue weighted by molar-refractivity contribution is 5.85. The molecule has 2 aromatic carbocycles. The van der Waals surface area contributed by atoms with E-state index in [2.05, 4.69) is 51.9 Å². The van der Waals surface area contributed by atoms with Gasteiger partial charge in [0.25, 0.3) is 0 Å². The Hall–Kier alpha value is -2.29. The molecule has 3 rings (SSSR count). The van der Waals surface area contributed by atoms with Crippen molar-refractivity contribution in [2.75, 3.05) is 0 Å². The zero-order valence-corrected chi connectivity index (χ0v) is 18.3. The molecule has 0 spiro atoms. The van der Waals surface area contributed by atoms with Crippen molar-refractivity contribution in [3.63, 3.8) is 0 Å². The van der Waals surface area contributed by atoms with Crippen molar-refractivity contribution in [3.05, 3.63) is 52.6 Å². The van der Waals surface area contributed by atoms with Gasteiger partial charge in [-0.25, -0.2) is 0 Å². The van der Waals surface area contributed by atoms with Gasteiger partial charge in [0.2, 0.25) is 0 Å². The Bertz CT molecular complexity index is 907. The lowest BCUT2D eigenvalue weighted by Gasteiger charge is -2.42. The van der Waals surface area contributed by atoms with Crippen LogP contribution in [-0.4, -0.2) is 17.5 Å². The van der Waals surface area contributed by atoms with Gasteiger partial charge in [-0.1, -0.05) is 38.9 Å². The van der Waals surface area contributed by atoms with E-state index in [1.807, 2.05) is 32.0 Å². The number of fused-ring (bicyclic) bond motifs is 1. The Morgan fingerprint density at radius 1 is 0.964 bits per heavy atom. The Labute approximate surface area is 169 Å². The number of oxime groups is 1. The van der Waals surface area contributed by atoms with E-state index in [1.54, 1.807) is 0 Å². The van der Waals surface area contributed by atoms with Crippen molar-refractivity contribution >= 4 is 6.21 Å². The lowest BCUT2D eigenvalue weighted by atomic mass is 9.62. The molecule has 3 heteroatoms. The smallest absolute Gasteiger partial charge is 0.127 e. The first-order valence-corrected chi connectivity index (χ1v) is 10.2. The fourth-order valence-corrected chi connectivity index (χ4v) is 4.27. The lowest BCUT2D eigenvalue weighted by Crippen LogP contribution is -2.34. The average molecular weight is 380 g/mol. The molecule has 2 aromatic rings. The number of rotatable bonds is 4. The van der Waals surface area contributed by atoms with E-state index < -0.39 is 0 Å². The minimum absolute atomic E-state index is 0.0874. The van der Waals surface area contributed by atoms with Gasteiger partial charge in [0.05, 0.1) is 12.3 Å². The van der Waals surface area contributed by atoms with E-state index in [0.717, 1.165) is 16.9 Å². The number of hydrogen-bond donors (Lipinski definition) is 1. The van der Waals surface area contributed by atoms with Crippen molar-refractivity contribution in [3.8, 4) is 16.9 Å². The summed E-state index contributed by atoms with van der Waals surface area (Å²) >= 11 is 0. The van der Waals surface area contributed by atoms with Gasteiger partial charge in [-0.2, -0.15) is 0 Å². The third kappa shape index (κ3) is 3.80. The quantitative estimate of drug-likeness (QED) is 0.369. The van der Waals surface area contributed by atoms with Gasteiger partial charge in [0, 0.05) is 5.56 Å². The Kier molecular flexibility index (Phi) is 5.31. The summed E-state index contributed by atoms with van der Waals surface area (Å²) in [6, 6.07) is 10.7. The highest BCUT2D eigenvalue weighted by Gasteiger charge is 2.37. The maximum absolute atomic E-state index is 8.97. The molecule has 0 unspecified atom stereocenters. The van der Waals surface area contributed by atoms with Crippen LogP contribution < -0.4 is 4.74 Å². The lowest BCUT2D eigenvalue weighted by molar-refractivity contribution is 0.243. The summed E-state index contributed by atoms with van der Waals surface area (Å²) in [7, 11) is 0. The largest absolute Gasteiger partial charge is 0.490 e. The van der Waals surface area contributed by atoms with Crippen molar-refractivity contribution in [2.24, 2.45) is 5.16 Å². The summed E-state index contributed by atoms with van der Waals surface area (Å²) in [5.74, 6) is 0.862. The molecule has 1 aliphatic rings. The average Bonchev–Trinajstić information content (AvgIpc) is 2.60. The maximum Gasteiger partial charge on any atom is 0.127 e. The summed E-state index contributed by atoms with van der Waals surface area (Å²) in [6.45, 7) is 15.7. The SMILES string of the molecule is Cc1cc2c(cc1-c1cc(C=NO)ccc1OC(C)C)C(C)(C)CCC2(C)C. The van der Waals surface area contributed by atoms with Crippen molar-refractivity contribution in [1.29, 1.82) is 0 Å².